The third-order valence-electron chi connectivity index (χ3n) is 3.99. The maximum Gasteiger partial charge on any atom is 0.172 e. The summed E-state index contributed by atoms with van der Waals surface area (Å²) in [4.78, 5) is 12.7. The molecule has 1 aliphatic carbocycles. The van der Waals surface area contributed by atoms with Crippen molar-refractivity contribution < 1.29 is 13.9 Å². The molecule has 0 aliphatic heterocycles. The Hall–Kier alpha value is -0.900. The second-order valence-corrected chi connectivity index (χ2v) is 6.27. The number of methoxy groups -OCH3 is 1. The Bertz CT molecular complexity index is 493. The third kappa shape index (κ3) is 2.83. The third-order valence-corrected chi connectivity index (χ3v) is 4.60. The molecule has 0 aromatic heterocycles. The van der Waals surface area contributed by atoms with Gasteiger partial charge in [-0.3, -0.25) is 4.79 Å². The number of ketones is 1. The van der Waals surface area contributed by atoms with Gasteiger partial charge in [-0.15, -0.1) is 0 Å². The Morgan fingerprint density at radius 2 is 1.95 bits per heavy atom. The number of halogens is 2. The summed E-state index contributed by atoms with van der Waals surface area (Å²) in [6.07, 6.45) is 5.13. The van der Waals surface area contributed by atoms with Crippen LogP contribution in [0.5, 0.6) is 5.75 Å². The highest BCUT2D eigenvalue weighted by Gasteiger charge is 2.36. The molecule has 0 N–H and O–H groups in total. The molecule has 19 heavy (non-hydrogen) atoms. The number of hydrogen-bond donors (Lipinski definition) is 0. The number of ether oxygens (including phenoxy) is 1. The van der Waals surface area contributed by atoms with Gasteiger partial charge < -0.3 is 4.74 Å². The summed E-state index contributed by atoms with van der Waals surface area (Å²) in [5.74, 6) is -0.0376. The molecule has 0 bridgehead atoms. The maximum atomic E-state index is 13.5. The van der Waals surface area contributed by atoms with Crippen LogP contribution < -0.4 is 4.74 Å². The number of Topliss-reactive ketones (excluding diaryl/α,β-unsaturated/α-hetero) is 1. The van der Waals surface area contributed by atoms with Gasteiger partial charge in [-0.05, 0) is 34.8 Å². The molecule has 0 amide bonds. The largest absolute Gasteiger partial charge is 0.496 e. The van der Waals surface area contributed by atoms with E-state index in [1.807, 2.05) is 6.92 Å². The molecule has 4 heteroatoms. The highest BCUT2D eigenvalue weighted by Crippen LogP contribution is 2.41. The molecule has 0 radical (unpaired) electrons. The monoisotopic (exact) mass is 328 g/mol. The predicted molar refractivity (Wildman–Crippen MR) is 76.2 cm³/mol. The first-order chi connectivity index (χ1) is 8.98. The van der Waals surface area contributed by atoms with Crippen LogP contribution in [0.3, 0.4) is 0 Å². The number of benzene rings is 1. The summed E-state index contributed by atoms with van der Waals surface area (Å²) in [6, 6.07) is 2.81. The van der Waals surface area contributed by atoms with E-state index in [-0.39, 0.29) is 11.2 Å². The van der Waals surface area contributed by atoms with E-state index < -0.39 is 5.82 Å². The number of hydrogen-bond acceptors (Lipinski definition) is 2. The summed E-state index contributed by atoms with van der Waals surface area (Å²) >= 11 is 3.14. The molecule has 0 heterocycles. The summed E-state index contributed by atoms with van der Waals surface area (Å²) in [5.41, 5.74) is 0.128. The average Bonchev–Trinajstić information content (AvgIpc) is 2.41. The first-order valence-corrected chi connectivity index (χ1v) is 7.35. The molecule has 2 rings (SSSR count). The van der Waals surface area contributed by atoms with E-state index in [2.05, 4.69) is 15.9 Å². The fourth-order valence-corrected chi connectivity index (χ4v) is 3.10. The van der Waals surface area contributed by atoms with Gasteiger partial charge in [-0.25, -0.2) is 4.39 Å². The Morgan fingerprint density at radius 3 is 2.53 bits per heavy atom. The molecule has 1 fully saturated rings. The van der Waals surface area contributed by atoms with E-state index in [0.29, 0.717) is 15.8 Å². The summed E-state index contributed by atoms with van der Waals surface area (Å²) in [5, 5.41) is 0. The second-order valence-electron chi connectivity index (χ2n) is 5.42. The van der Waals surface area contributed by atoms with Gasteiger partial charge in [0.25, 0.3) is 0 Å². The van der Waals surface area contributed by atoms with E-state index in [1.165, 1.54) is 25.7 Å². The molecular weight excluding hydrogens is 311 g/mol. The first-order valence-electron chi connectivity index (χ1n) is 6.56. The zero-order chi connectivity index (χ0) is 14.0. The lowest BCUT2D eigenvalue weighted by Gasteiger charge is -2.32. The zero-order valence-corrected chi connectivity index (χ0v) is 12.8. The van der Waals surface area contributed by atoms with Crippen molar-refractivity contribution in [3.63, 3.8) is 0 Å². The maximum absolute atomic E-state index is 13.5. The lowest BCUT2D eigenvalue weighted by molar-refractivity contribution is 0.0746. The minimum absolute atomic E-state index is 0.0600. The van der Waals surface area contributed by atoms with Crippen LogP contribution in [-0.4, -0.2) is 12.9 Å². The fourth-order valence-electron chi connectivity index (χ4n) is 2.76. The topological polar surface area (TPSA) is 26.3 Å². The number of rotatable bonds is 3. The van der Waals surface area contributed by atoms with Crippen LogP contribution >= 0.6 is 15.9 Å². The minimum atomic E-state index is -0.415. The van der Waals surface area contributed by atoms with Crippen LogP contribution in [0.15, 0.2) is 16.6 Å². The van der Waals surface area contributed by atoms with Crippen LogP contribution in [0.1, 0.15) is 49.4 Å². The minimum Gasteiger partial charge on any atom is -0.496 e. The lowest BCUT2D eigenvalue weighted by Crippen LogP contribution is -2.30. The van der Waals surface area contributed by atoms with Gasteiger partial charge >= 0.3 is 0 Å². The highest BCUT2D eigenvalue weighted by atomic mass is 79.9. The van der Waals surface area contributed by atoms with Crippen molar-refractivity contribution in [3.8, 4) is 5.75 Å². The summed E-state index contributed by atoms with van der Waals surface area (Å²) in [6.45, 7) is 2.01. The lowest BCUT2D eigenvalue weighted by atomic mass is 9.71. The van der Waals surface area contributed by atoms with Crippen LogP contribution in [0.4, 0.5) is 4.39 Å². The van der Waals surface area contributed by atoms with Crippen molar-refractivity contribution in [2.24, 2.45) is 5.41 Å². The van der Waals surface area contributed by atoms with Crippen molar-refractivity contribution >= 4 is 21.7 Å². The SMILES string of the molecule is COc1cc(F)c(Br)cc1C(=O)C1(C)CCCCC1. The Kier molecular flexibility index (Phi) is 4.29. The number of carbonyl (C=O) groups excluding carboxylic acids is 1. The molecule has 1 aromatic rings. The highest BCUT2D eigenvalue weighted by molar-refractivity contribution is 9.10. The van der Waals surface area contributed by atoms with Crippen molar-refractivity contribution in [1.29, 1.82) is 0 Å². The molecule has 0 spiro atoms. The van der Waals surface area contributed by atoms with E-state index >= 15 is 0 Å². The van der Waals surface area contributed by atoms with Gasteiger partial charge in [0.1, 0.15) is 11.6 Å². The van der Waals surface area contributed by atoms with Gasteiger partial charge in [-0.2, -0.15) is 0 Å². The summed E-state index contributed by atoms with van der Waals surface area (Å²) in [7, 11) is 1.46. The Balaban J connectivity index is 2.40. The van der Waals surface area contributed by atoms with Crippen LogP contribution in [0, 0.1) is 11.2 Å². The normalized spacial score (nSPS) is 18.1. The molecule has 0 atom stereocenters. The molecule has 0 unspecified atom stereocenters. The van der Waals surface area contributed by atoms with Gasteiger partial charge in [-0.1, -0.05) is 26.2 Å². The van der Waals surface area contributed by atoms with Crippen LogP contribution in [-0.2, 0) is 0 Å². The molecular formula is C15H18BrFO2. The van der Waals surface area contributed by atoms with Crippen molar-refractivity contribution in [3.05, 3.63) is 28.0 Å². The standard InChI is InChI=1S/C15H18BrFO2/c1-15(6-4-3-5-7-15)14(18)10-8-11(16)12(17)9-13(10)19-2/h8-9H,3-7H2,1-2H3. The fraction of sp³-hybridized carbons (Fsp3) is 0.533. The van der Waals surface area contributed by atoms with Crippen LogP contribution in [0.25, 0.3) is 0 Å². The van der Waals surface area contributed by atoms with Gasteiger partial charge in [0.2, 0.25) is 0 Å². The zero-order valence-electron chi connectivity index (χ0n) is 11.3. The van der Waals surface area contributed by atoms with Crippen molar-refractivity contribution in [2.75, 3.05) is 7.11 Å². The molecule has 2 nitrogen and oxygen atoms in total. The Labute approximate surface area is 121 Å². The predicted octanol–water partition coefficient (Wildman–Crippen LogP) is 4.75. The molecule has 104 valence electrons. The van der Waals surface area contributed by atoms with E-state index in [0.717, 1.165) is 25.7 Å². The molecule has 1 aliphatic rings. The molecule has 1 aromatic carbocycles. The first kappa shape index (κ1) is 14.5. The molecule has 1 saturated carbocycles. The van der Waals surface area contributed by atoms with E-state index in [9.17, 15) is 9.18 Å². The summed E-state index contributed by atoms with van der Waals surface area (Å²) < 4.78 is 19.0. The van der Waals surface area contributed by atoms with E-state index in [4.69, 9.17) is 4.74 Å². The van der Waals surface area contributed by atoms with E-state index in [1.54, 1.807) is 0 Å². The van der Waals surface area contributed by atoms with Gasteiger partial charge in [0.05, 0.1) is 17.1 Å². The van der Waals surface area contributed by atoms with Crippen molar-refractivity contribution in [2.45, 2.75) is 39.0 Å². The average molecular weight is 329 g/mol. The molecule has 0 saturated heterocycles. The Morgan fingerprint density at radius 1 is 1.32 bits per heavy atom. The second kappa shape index (κ2) is 5.61. The van der Waals surface area contributed by atoms with Gasteiger partial charge in [0, 0.05) is 11.5 Å². The smallest absolute Gasteiger partial charge is 0.172 e. The van der Waals surface area contributed by atoms with Crippen LogP contribution in [0.2, 0.25) is 0 Å². The van der Waals surface area contributed by atoms with Crippen molar-refractivity contribution in [1.82, 2.24) is 0 Å². The van der Waals surface area contributed by atoms with Gasteiger partial charge in [0.15, 0.2) is 5.78 Å². The number of carbonyl (C=O) groups is 1. The quantitative estimate of drug-likeness (QED) is 0.748.